The van der Waals surface area contributed by atoms with E-state index < -0.39 is 34.2 Å². The average molecular weight is 402 g/mol. The monoisotopic (exact) mass is 402 g/mol. The normalized spacial score (nSPS) is 13.9. The number of methoxy groups -OCH3 is 1. The fourth-order valence-electron chi connectivity index (χ4n) is 2.13. The molecule has 1 atom stereocenters. The molecule has 1 N–H and O–H groups in total. The van der Waals surface area contributed by atoms with Gasteiger partial charge in [0.15, 0.2) is 5.76 Å². The second kappa shape index (κ2) is 8.45. The number of ether oxygens (including phenoxy) is 1. The van der Waals surface area contributed by atoms with Crippen molar-refractivity contribution in [2.45, 2.75) is 24.3 Å². The van der Waals surface area contributed by atoms with E-state index in [0.29, 0.717) is 5.75 Å². The summed E-state index contributed by atoms with van der Waals surface area (Å²) >= 11 is 0. The molecule has 0 saturated heterocycles. The molecule has 0 amide bonds. The molecule has 0 fully saturated rings. The van der Waals surface area contributed by atoms with Crippen LogP contribution in [0.15, 0.2) is 65.0 Å². The number of alkyl halides is 2. The Bertz CT molecular complexity index is 907. The molecule has 0 aliphatic carbocycles. The van der Waals surface area contributed by atoms with Gasteiger partial charge >= 0.3 is 10.1 Å². The van der Waals surface area contributed by atoms with Crippen molar-refractivity contribution in [2.24, 2.45) is 0 Å². The number of aryl methyl sites for hydroxylation is 1. The summed E-state index contributed by atoms with van der Waals surface area (Å²) in [4.78, 5) is -0.366. The first-order chi connectivity index (χ1) is 12.7. The predicted molar refractivity (Wildman–Crippen MR) is 91.5 cm³/mol. The van der Waals surface area contributed by atoms with Gasteiger partial charge in [0.05, 0.1) is 7.11 Å². The van der Waals surface area contributed by atoms with Gasteiger partial charge in [0.1, 0.15) is 16.7 Å². The number of halogens is 3. The molecule has 0 aliphatic heterocycles. The van der Waals surface area contributed by atoms with E-state index in [9.17, 15) is 26.7 Å². The molecule has 0 bridgehead atoms. The zero-order valence-electron chi connectivity index (χ0n) is 14.4. The number of hydrogen-bond donors (Lipinski definition) is 1. The van der Waals surface area contributed by atoms with Crippen LogP contribution in [-0.2, 0) is 14.3 Å². The predicted octanol–water partition coefficient (Wildman–Crippen LogP) is 3.89. The van der Waals surface area contributed by atoms with Crippen molar-refractivity contribution >= 4 is 10.1 Å². The first kappa shape index (κ1) is 20.8. The van der Waals surface area contributed by atoms with Crippen LogP contribution in [0.2, 0.25) is 0 Å². The molecule has 0 aromatic heterocycles. The zero-order chi connectivity index (χ0) is 20.2. The van der Waals surface area contributed by atoms with Crippen molar-refractivity contribution in [1.82, 2.24) is 0 Å². The van der Waals surface area contributed by atoms with Crippen LogP contribution in [-0.4, -0.2) is 27.1 Å². The van der Waals surface area contributed by atoms with Crippen LogP contribution in [0.1, 0.15) is 17.2 Å². The Morgan fingerprint density at radius 3 is 2.07 bits per heavy atom. The molecule has 2 aromatic rings. The molecule has 1 unspecified atom stereocenters. The summed E-state index contributed by atoms with van der Waals surface area (Å²) in [5.74, 6) is -3.16. The summed E-state index contributed by atoms with van der Waals surface area (Å²) in [6.07, 6.45) is -5.73. The number of hydrogen-bond acceptors (Lipinski definition) is 5. The molecule has 146 valence electrons. The highest BCUT2D eigenvalue weighted by Gasteiger charge is 2.31. The lowest BCUT2D eigenvalue weighted by Crippen LogP contribution is -2.15. The molecule has 0 aliphatic rings. The molecule has 27 heavy (non-hydrogen) atoms. The lowest BCUT2D eigenvalue weighted by atomic mass is 10.1. The lowest BCUT2D eigenvalue weighted by molar-refractivity contribution is 0.118. The zero-order valence-corrected chi connectivity index (χ0v) is 15.2. The minimum atomic E-state index is -4.64. The summed E-state index contributed by atoms with van der Waals surface area (Å²) in [7, 11) is -3.24. The molecule has 9 heteroatoms. The van der Waals surface area contributed by atoms with E-state index in [-0.39, 0.29) is 10.5 Å². The fourth-order valence-corrected chi connectivity index (χ4v) is 3.11. The second-order valence-electron chi connectivity index (χ2n) is 5.54. The standard InChI is InChI=1S/C18H17F3O5S/c1-11-3-9-14(10-4-11)27(23,24)26-17(15(19)18(20)21)16(22)12-5-7-13(25-2)8-6-12/h3-10,16,18,22H,1-2H3/b17-15+. The quantitative estimate of drug-likeness (QED) is 0.562. The van der Waals surface area contributed by atoms with Crippen molar-refractivity contribution in [3.05, 3.63) is 71.2 Å². The van der Waals surface area contributed by atoms with E-state index >= 15 is 0 Å². The average Bonchev–Trinajstić information content (AvgIpc) is 2.65. The molecular weight excluding hydrogens is 385 g/mol. The number of rotatable bonds is 7. The minimum Gasteiger partial charge on any atom is -0.497 e. The van der Waals surface area contributed by atoms with E-state index in [4.69, 9.17) is 4.74 Å². The van der Waals surface area contributed by atoms with Gasteiger partial charge in [-0.2, -0.15) is 8.42 Å². The van der Waals surface area contributed by atoms with Crippen molar-refractivity contribution in [1.29, 1.82) is 0 Å². The van der Waals surface area contributed by atoms with Crippen molar-refractivity contribution < 1.29 is 35.6 Å². The van der Waals surface area contributed by atoms with Gasteiger partial charge in [0.2, 0.25) is 5.83 Å². The third-order valence-electron chi connectivity index (χ3n) is 3.62. The van der Waals surface area contributed by atoms with Crippen LogP contribution in [0.3, 0.4) is 0 Å². The first-order valence-electron chi connectivity index (χ1n) is 7.66. The highest BCUT2D eigenvalue weighted by atomic mass is 32.2. The van der Waals surface area contributed by atoms with Gasteiger partial charge in [-0.15, -0.1) is 0 Å². The largest absolute Gasteiger partial charge is 0.497 e. The smallest absolute Gasteiger partial charge is 0.339 e. The molecule has 0 heterocycles. The van der Waals surface area contributed by atoms with Gasteiger partial charge in [-0.3, -0.25) is 0 Å². The Hall–Kier alpha value is -2.52. The topological polar surface area (TPSA) is 72.8 Å². The Labute approximate surface area is 154 Å². The highest BCUT2D eigenvalue weighted by Crippen LogP contribution is 2.32. The number of aliphatic hydroxyl groups is 1. The van der Waals surface area contributed by atoms with Crippen LogP contribution in [0.25, 0.3) is 0 Å². The Morgan fingerprint density at radius 1 is 1.04 bits per heavy atom. The molecule has 2 rings (SSSR count). The summed E-state index contributed by atoms with van der Waals surface area (Å²) in [5, 5.41) is 10.3. The molecule has 2 aromatic carbocycles. The number of allylic oxidation sites excluding steroid dienone is 1. The SMILES string of the molecule is COc1ccc(C(O)/C(OS(=O)(=O)c2ccc(C)cc2)=C(\F)C(F)F)cc1. The van der Waals surface area contributed by atoms with Gasteiger partial charge < -0.3 is 14.0 Å². The van der Waals surface area contributed by atoms with Crippen LogP contribution >= 0.6 is 0 Å². The van der Waals surface area contributed by atoms with Crippen molar-refractivity contribution in [2.75, 3.05) is 7.11 Å². The van der Waals surface area contributed by atoms with E-state index in [1.54, 1.807) is 6.92 Å². The maximum Gasteiger partial charge on any atom is 0.339 e. The van der Waals surface area contributed by atoms with Crippen LogP contribution in [0, 0.1) is 6.92 Å². The van der Waals surface area contributed by atoms with E-state index in [1.165, 1.54) is 55.6 Å². The van der Waals surface area contributed by atoms with E-state index in [2.05, 4.69) is 4.18 Å². The maximum absolute atomic E-state index is 13.9. The molecule has 5 nitrogen and oxygen atoms in total. The summed E-state index contributed by atoms with van der Waals surface area (Å²) < 4.78 is 73.8. The third kappa shape index (κ3) is 5.01. The number of benzene rings is 2. The Morgan fingerprint density at radius 2 is 1.59 bits per heavy atom. The van der Waals surface area contributed by atoms with Gasteiger partial charge in [0.25, 0.3) is 6.43 Å². The van der Waals surface area contributed by atoms with E-state index in [1.807, 2.05) is 0 Å². The minimum absolute atomic E-state index is 0.0549. The number of aliphatic hydroxyl groups excluding tert-OH is 1. The van der Waals surface area contributed by atoms with Gasteiger partial charge in [0, 0.05) is 0 Å². The van der Waals surface area contributed by atoms with Gasteiger partial charge in [-0.05, 0) is 36.8 Å². The van der Waals surface area contributed by atoms with Crippen LogP contribution in [0.5, 0.6) is 5.75 Å². The fraction of sp³-hybridized carbons (Fsp3) is 0.222. The summed E-state index contributed by atoms with van der Waals surface area (Å²) in [6, 6.07) is 10.6. The third-order valence-corrected chi connectivity index (χ3v) is 4.86. The van der Waals surface area contributed by atoms with Gasteiger partial charge in [-0.25, -0.2) is 13.2 Å². The maximum atomic E-state index is 13.9. The molecule has 0 saturated carbocycles. The van der Waals surface area contributed by atoms with E-state index in [0.717, 1.165) is 5.56 Å². The Balaban J connectivity index is 2.43. The van der Waals surface area contributed by atoms with Crippen molar-refractivity contribution in [3.63, 3.8) is 0 Å². The molecule has 0 spiro atoms. The van der Waals surface area contributed by atoms with Crippen LogP contribution in [0.4, 0.5) is 13.2 Å². The Kier molecular flexibility index (Phi) is 6.50. The first-order valence-corrected chi connectivity index (χ1v) is 9.07. The van der Waals surface area contributed by atoms with Crippen molar-refractivity contribution in [3.8, 4) is 5.75 Å². The summed E-state index contributed by atoms with van der Waals surface area (Å²) in [6.45, 7) is 1.71. The highest BCUT2D eigenvalue weighted by molar-refractivity contribution is 7.86. The second-order valence-corrected chi connectivity index (χ2v) is 7.09. The lowest BCUT2D eigenvalue weighted by Gasteiger charge is -2.18. The summed E-state index contributed by atoms with van der Waals surface area (Å²) in [5.41, 5.74) is 0.697. The molecule has 0 radical (unpaired) electrons. The van der Waals surface area contributed by atoms with Gasteiger partial charge in [-0.1, -0.05) is 29.8 Å². The molecular formula is C18H17F3O5S. The van der Waals surface area contributed by atoms with Crippen LogP contribution < -0.4 is 4.74 Å².